The number of amides is 1. The number of benzene rings is 2. The van der Waals surface area contributed by atoms with Crippen LogP contribution in [-0.2, 0) is 14.8 Å². The zero-order chi connectivity index (χ0) is 19.9. The molecule has 0 spiro atoms. The fourth-order valence-electron chi connectivity index (χ4n) is 2.53. The summed E-state index contributed by atoms with van der Waals surface area (Å²) in [6.07, 6.45) is 5.35. The van der Waals surface area contributed by atoms with Gasteiger partial charge in [-0.2, -0.15) is 4.31 Å². The molecule has 0 fully saturated rings. The van der Waals surface area contributed by atoms with E-state index in [1.54, 1.807) is 38.1 Å². The summed E-state index contributed by atoms with van der Waals surface area (Å²) in [6.45, 7) is 4.46. The van der Waals surface area contributed by atoms with Crippen molar-refractivity contribution in [1.82, 2.24) is 4.31 Å². The molecular formula is C20H23N3O3S. The Bertz CT molecular complexity index is 928. The van der Waals surface area contributed by atoms with Crippen LogP contribution in [0.2, 0.25) is 0 Å². The molecule has 0 radical (unpaired) electrons. The Labute approximate surface area is 160 Å². The predicted octanol–water partition coefficient (Wildman–Crippen LogP) is 2.75. The highest BCUT2D eigenvalue weighted by molar-refractivity contribution is 7.89. The molecule has 0 aliphatic rings. The first-order valence-corrected chi connectivity index (χ1v) is 10.0. The van der Waals surface area contributed by atoms with E-state index in [1.807, 2.05) is 12.1 Å². The largest absolute Gasteiger partial charge is 0.376 e. The molecule has 0 saturated carbocycles. The van der Waals surface area contributed by atoms with Gasteiger partial charge in [0, 0.05) is 30.0 Å². The van der Waals surface area contributed by atoms with Crippen molar-refractivity contribution in [2.24, 2.45) is 0 Å². The monoisotopic (exact) mass is 385 g/mol. The van der Waals surface area contributed by atoms with Crippen LogP contribution >= 0.6 is 0 Å². The number of carbonyl (C=O) groups is 1. The van der Waals surface area contributed by atoms with E-state index in [4.69, 9.17) is 6.42 Å². The number of terminal acetylenes is 1. The summed E-state index contributed by atoms with van der Waals surface area (Å²) >= 11 is 0. The van der Waals surface area contributed by atoms with Crippen molar-refractivity contribution in [3.8, 4) is 12.3 Å². The number of sulfonamides is 1. The second-order valence-electron chi connectivity index (χ2n) is 5.74. The zero-order valence-electron chi connectivity index (χ0n) is 15.4. The van der Waals surface area contributed by atoms with Crippen molar-refractivity contribution < 1.29 is 13.2 Å². The van der Waals surface area contributed by atoms with E-state index in [0.29, 0.717) is 18.8 Å². The lowest BCUT2D eigenvalue weighted by atomic mass is 10.2. The molecule has 142 valence electrons. The van der Waals surface area contributed by atoms with Crippen molar-refractivity contribution in [3.05, 3.63) is 54.1 Å². The molecule has 6 nitrogen and oxygen atoms in total. The summed E-state index contributed by atoms with van der Waals surface area (Å²) in [5.74, 6) is 2.29. The summed E-state index contributed by atoms with van der Waals surface area (Å²) in [5.41, 5.74) is 2.00. The Balaban J connectivity index is 1.97. The van der Waals surface area contributed by atoms with Crippen LogP contribution in [-0.4, -0.2) is 38.3 Å². The van der Waals surface area contributed by atoms with E-state index in [0.717, 1.165) is 11.3 Å². The predicted molar refractivity (Wildman–Crippen MR) is 108 cm³/mol. The second-order valence-corrected chi connectivity index (χ2v) is 7.68. The van der Waals surface area contributed by atoms with Crippen LogP contribution in [0.1, 0.15) is 19.4 Å². The summed E-state index contributed by atoms with van der Waals surface area (Å²) in [5, 5.41) is 5.72. The summed E-state index contributed by atoms with van der Waals surface area (Å²) in [4.78, 5) is 12.3. The van der Waals surface area contributed by atoms with E-state index in [9.17, 15) is 13.2 Å². The van der Waals surface area contributed by atoms with Crippen LogP contribution in [0.5, 0.6) is 0 Å². The van der Waals surface area contributed by atoms with E-state index >= 15 is 0 Å². The quantitative estimate of drug-likeness (QED) is 0.685. The SMILES string of the molecule is C#Cc1cccc(NCC(=O)Nc2ccc(S(=O)(=O)N(CC)CC)cc2)c1. The normalized spacial score (nSPS) is 11.0. The van der Waals surface area contributed by atoms with Gasteiger partial charge in [-0.1, -0.05) is 25.8 Å². The smallest absolute Gasteiger partial charge is 0.243 e. The molecule has 0 unspecified atom stereocenters. The van der Waals surface area contributed by atoms with Crippen LogP contribution < -0.4 is 10.6 Å². The molecule has 0 saturated heterocycles. The Morgan fingerprint density at radius 2 is 1.74 bits per heavy atom. The minimum atomic E-state index is -3.51. The number of hydrogen-bond donors (Lipinski definition) is 2. The lowest BCUT2D eigenvalue weighted by Gasteiger charge is -2.18. The number of anilines is 2. The van der Waals surface area contributed by atoms with Crippen LogP contribution in [0, 0.1) is 12.3 Å². The highest BCUT2D eigenvalue weighted by Crippen LogP contribution is 2.18. The van der Waals surface area contributed by atoms with Gasteiger partial charge in [-0.3, -0.25) is 4.79 Å². The van der Waals surface area contributed by atoms with E-state index < -0.39 is 10.0 Å². The Morgan fingerprint density at radius 1 is 1.07 bits per heavy atom. The highest BCUT2D eigenvalue weighted by Gasteiger charge is 2.21. The lowest BCUT2D eigenvalue weighted by molar-refractivity contribution is -0.114. The highest BCUT2D eigenvalue weighted by atomic mass is 32.2. The van der Waals surface area contributed by atoms with Crippen molar-refractivity contribution in [1.29, 1.82) is 0 Å². The van der Waals surface area contributed by atoms with Gasteiger partial charge in [-0.05, 0) is 42.5 Å². The Morgan fingerprint density at radius 3 is 2.33 bits per heavy atom. The third-order valence-electron chi connectivity index (χ3n) is 3.96. The van der Waals surface area contributed by atoms with Gasteiger partial charge in [0.1, 0.15) is 0 Å². The fraction of sp³-hybridized carbons (Fsp3) is 0.250. The van der Waals surface area contributed by atoms with Gasteiger partial charge in [0.05, 0.1) is 11.4 Å². The van der Waals surface area contributed by atoms with Crippen LogP contribution in [0.25, 0.3) is 0 Å². The number of rotatable bonds is 8. The van der Waals surface area contributed by atoms with Gasteiger partial charge in [0.15, 0.2) is 0 Å². The van der Waals surface area contributed by atoms with Gasteiger partial charge in [0.25, 0.3) is 0 Å². The van der Waals surface area contributed by atoms with Crippen LogP contribution in [0.15, 0.2) is 53.4 Å². The molecule has 0 aliphatic heterocycles. The molecule has 0 aromatic heterocycles. The first-order chi connectivity index (χ1) is 12.9. The molecule has 2 rings (SSSR count). The molecule has 7 heteroatoms. The minimum absolute atomic E-state index is 0.0630. The fourth-order valence-corrected chi connectivity index (χ4v) is 3.99. The number of nitrogens with zero attached hydrogens (tertiary/aromatic N) is 1. The number of hydrogen-bond acceptors (Lipinski definition) is 4. The van der Waals surface area contributed by atoms with Gasteiger partial charge >= 0.3 is 0 Å². The third kappa shape index (κ3) is 5.33. The Kier molecular flexibility index (Phi) is 6.99. The Hall–Kier alpha value is -2.82. The van der Waals surface area contributed by atoms with Crippen molar-refractivity contribution >= 4 is 27.3 Å². The molecule has 0 aliphatic carbocycles. The maximum atomic E-state index is 12.5. The number of carbonyl (C=O) groups excluding carboxylic acids is 1. The topological polar surface area (TPSA) is 78.5 Å². The summed E-state index contributed by atoms with van der Waals surface area (Å²) < 4.78 is 26.3. The van der Waals surface area contributed by atoms with Crippen LogP contribution in [0.3, 0.4) is 0 Å². The summed E-state index contributed by atoms with van der Waals surface area (Å²) in [6, 6.07) is 13.4. The average molecular weight is 385 g/mol. The molecule has 27 heavy (non-hydrogen) atoms. The lowest BCUT2D eigenvalue weighted by Crippen LogP contribution is -2.30. The van der Waals surface area contributed by atoms with Gasteiger partial charge in [-0.25, -0.2) is 8.42 Å². The average Bonchev–Trinajstić information content (AvgIpc) is 2.67. The van der Waals surface area contributed by atoms with Crippen molar-refractivity contribution in [2.45, 2.75) is 18.7 Å². The molecular weight excluding hydrogens is 362 g/mol. The van der Waals surface area contributed by atoms with E-state index in [-0.39, 0.29) is 17.3 Å². The minimum Gasteiger partial charge on any atom is -0.376 e. The first-order valence-electron chi connectivity index (χ1n) is 8.61. The van der Waals surface area contributed by atoms with Gasteiger partial charge in [0.2, 0.25) is 15.9 Å². The first kappa shape index (κ1) is 20.5. The molecule has 1 amide bonds. The standard InChI is InChI=1S/C20H23N3O3S/c1-4-16-8-7-9-18(14-16)21-15-20(24)22-17-10-12-19(13-11-17)27(25,26)23(5-2)6-3/h1,7-14,21H,5-6,15H2,2-3H3,(H,22,24). The number of nitrogens with one attached hydrogen (secondary N) is 2. The van der Waals surface area contributed by atoms with Crippen LogP contribution in [0.4, 0.5) is 11.4 Å². The van der Waals surface area contributed by atoms with E-state index in [2.05, 4.69) is 16.6 Å². The van der Waals surface area contributed by atoms with Gasteiger partial charge in [-0.15, -0.1) is 6.42 Å². The molecule has 2 aromatic carbocycles. The van der Waals surface area contributed by atoms with Gasteiger partial charge < -0.3 is 10.6 Å². The molecule has 0 heterocycles. The molecule has 0 atom stereocenters. The van der Waals surface area contributed by atoms with Crippen molar-refractivity contribution in [3.63, 3.8) is 0 Å². The maximum absolute atomic E-state index is 12.5. The zero-order valence-corrected chi connectivity index (χ0v) is 16.2. The summed E-state index contributed by atoms with van der Waals surface area (Å²) in [7, 11) is -3.51. The molecule has 0 bridgehead atoms. The maximum Gasteiger partial charge on any atom is 0.243 e. The third-order valence-corrected chi connectivity index (χ3v) is 6.03. The second kappa shape index (κ2) is 9.21. The van der Waals surface area contributed by atoms with E-state index in [1.165, 1.54) is 16.4 Å². The van der Waals surface area contributed by atoms with Crippen molar-refractivity contribution in [2.75, 3.05) is 30.3 Å². The molecule has 2 N–H and O–H groups in total. The molecule has 2 aromatic rings.